The van der Waals surface area contributed by atoms with Gasteiger partial charge in [0.15, 0.2) is 5.78 Å². The van der Waals surface area contributed by atoms with Gasteiger partial charge in [0.2, 0.25) is 0 Å². The van der Waals surface area contributed by atoms with E-state index in [1.54, 1.807) is 4.90 Å². The van der Waals surface area contributed by atoms with Crippen molar-refractivity contribution in [3.05, 3.63) is 0 Å². The van der Waals surface area contributed by atoms with Crippen LogP contribution in [0.2, 0.25) is 0 Å². The smallest absolute Gasteiger partial charge is 0.410 e. The van der Waals surface area contributed by atoms with Gasteiger partial charge in [-0.05, 0) is 39.0 Å². The third kappa shape index (κ3) is 3.74. The Balaban J connectivity index is 2.96. The molecule has 0 saturated carbocycles. The zero-order chi connectivity index (χ0) is 15.7. The highest BCUT2D eigenvalue weighted by atomic mass is 16.6. The fourth-order valence-corrected chi connectivity index (χ4v) is 2.62. The lowest BCUT2D eigenvalue weighted by molar-refractivity contribution is -0.129. The van der Waals surface area contributed by atoms with Crippen molar-refractivity contribution in [3.63, 3.8) is 0 Å². The van der Waals surface area contributed by atoms with Crippen LogP contribution >= 0.6 is 0 Å². The summed E-state index contributed by atoms with van der Waals surface area (Å²) >= 11 is 0. The molecule has 1 heterocycles. The molecule has 0 aromatic rings. The number of rotatable bonds is 3. The number of likely N-dealkylation sites (tertiary alicyclic amines) is 1. The molecule has 1 saturated heterocycles. The Hall–Kier alpha value is -1.06. The number of hydrogen-bond acceptors (Lipinski definition) is 3. The van der Waals surface area contributed by atoms with Crippen LogP contribution < -0.4 is 0 Å². The summed E-state index contributed by atoms with van der Waals surface area (Å²) in [7, 11) is 0. The second-order valence-electron chi connectivity index (χ2n) is 7.53. The molecular weight excluding hydrogens is 254 g/mol. The summed E-state index contributed by atoms with van der Waals surface area (Å²) in [5.74, 6) is 0.128. The van der Waals surface area contributed by atoms with Crippen molar-refractivity contribution >= 4 is 11.9 Å². The number of hydrogen-bond donors (Lipinski definition) is 0. The number of nitrogens with zero attached hydrogens (tertiary/aromatic N) is 1. The summed E-state index contributed by atoms with van der Waals surface area (Å²) in [4.78, 5) is 26.6. The third-order valence-electron chi connectivity index (χ3n) is 4.04. The third-order valence-corrected chi connectivity index (χ3v) is 4.04. The first-order valence-electron chi connectivity index (χ1n) is 7.53. The van der Waals surface area contributed by atoms with E-state index in [1.807, 2.05) is 34.6 Å². The van der Waals surface area contributed by atoms with Crippen LogP contribution in [0.25, 0.3) is 0 Å². The molecule has 1 rings (SSSR count). The Bertz CT molecular complexity index is 382. The van der Waals surface area contributed by atoms with Gasteiger partial charge in [-0.15, -0.1) is 0 Å². The molecule has 0 N–H and O–H groups in total. The maximum absolute atomic E-state index is 12.6. The molecule has 0 aromatic heterocycles. The van der Waals surface area contributed by atoms with Gasteiger partial charge in [-0.3, -0.25) is 9.69 Å². The summed E-state index contributed by atoms with van der Waals surface area (Å²) in [6.07, 6.45) is 1.26. The van der Waals surface area contributed by atoms with E-state index in [9.17, 15) is 9.59 Å². The highest BCUT2D eigenvalue weighted by Gasteiger charge is 2.48. The molecule has 1 unspecified atom stereocenters. The summed E-state index contributed by atoms with van der Waals surface area (Å²) in [6.45, 7) is 14.2. The van der Waals surface area contributed by atoms with E-state index in [4.69, 9.17) is 4.74 Å². The predicted octanol–water partition coefficient (Wildman–Crippen LogP) is 3.64. The Morgan fingerprint density at radius 3 is 2.35 bits per heavy atom. The van der Waals surface area contributed by atoms with Gasteiger partial charge in [0.05, 0.1) is 6.04 Å². The maximum atomic E-state index is 12.6. The summed E-state index contributed by atoms with van der Waals surface area (Å²) < 4.78 is 5.44. The van der Waals surface area contributed by atoms with Crippen molar-refractivity contribution in [2.45, 2.75) is 73.0 Å². The fraction of sp³-hybridized carbons (Fsp3) is 0.875. The normalized spacial score (nSPS) is 23.6. The van der Waals surface area contributed by atoms with Crippen LogP contribution in [0.5, 0.6) is 0 Å². The molecule has 1 aliphatic heterocycles. The minimum absolute atomic E-state index is 0.0256. The van der Waals surface area contributed by atoms with Crippen LogP contribution in [0, 0.1) is 11.3 Å². The molecule has 0 radical (unpaired) electrons. The van der Waals surface area contributed by atoms with Crippen LogP contribution in [0.3, 0.4) is 0 Å². The first-order chi connectivity index (χ1) is 8.99. The van der Waals surface area contributed by atoms with E-state index in [0.717, 1.165) is 12.8 Å². The van der Waals surface area contributed by atoms with Gasteiger partial charge in [-0.25, -0.2) is 4.79 Å². The van der Waals surface area contributed by atoms with Crippen molar-refractivity contribution in [1.82, 2.24) is 4.90 Å². The summed E-state index contributed by atoms with van der Waals surface area (Å²) in [5.41, 5.74) is -0.717. The number of Topliss-reactive ketones (excluding diaryl/α,β-unsaturated/α-hetero) is 1. The monoisotopic (exact) mass is 283 g/mol. The standard InChI is InChI=1S/C16H29NO3/c1-8-11(2)12(18)13-16(6,7)9-10-17(13)14(19)20-15(3,4)5/h11,13H,8-10H2,1-7H3/t11?,13-/m1/s1. The van der Waals surface area contributed by atoms with Crippen molar-refractivity contribution in [1.29, 1.82) is 0 Å². The molecule has 0 aromatic carbocycles. The number of ketones is 1. The molecule has 2 atom stereocenters. The second kappa shape index (κ2) is 5.74. The molecule has 1 amide bonds. The number of carbonyl (C=O) groups excluding carboxylic acids is 2. The fourth-order valence-electron chi connectivity index (χ4n) is 2.62. The van der Waals surface area contributed by atoms with Crippen LogP contribution in [-0.2, 0) is 9.53 Å². The lowest BCUT2D eigenvalue weighted by Gasteiger charge is -2.34. The van der Waals surface area contributed by atoms with Gasteiger partial charge < -0.3 is 4.74 Å². The number of carbonyl (C=O) groups is 2. The van der Waals surface area contributed by atoms with Crippen LogP contribution in [0.15, 0.2) is 0 Å². The van der Waals surface area contributed by atoms with Gasteiger partial charge in [-0.2, -0.15) is 0 Å². The minimum Gasteiger partial charge on any atom is -0.444 e. The molecule has 116 valence electrons. The van der Waals surface area contributed by atoms with E-state index in [1.165, 1.54) is 0 Å². The van der Waals surface area contributed by atoms with Gasteiger partial charge in [0.25, 0.3) is 0 Å². The molecule has 1 fully saturated rings. The van der Waals surface area contributed by atoms with E-state index in [2.05, 4.69) is 13.8 Å². The molecule has 0 spiro atoms. The van der Waals surface area contributed by atoms with Crippen LogP contribution in [0.1, 0.15) is 61.3 Å². The lowest BCUT2D eigenvalue weighted by Crippen LogP contribution is -2.49. The van der Waals surface area contributed by atoms with Gasteiger partial charge in [-0.1, -0.05) is 27.7 Å². The van der Waals surface area contributed by atoms with Gasteiger partial charge in [0.1, 0.15) is 5.60 Å². The van der Waals surface area contributed by atoms with Crippen molar-refractivity contribution in [2.75, 3.05) is 6.54 Å². The van der Waals surface area contributed by atoms with Crippen molar-refractivity contribution < 1.29 is 14.3 Å². The second-order valence-corrected chi connectivity index (χ2v) is 7.53. The van der Waals surface area contributed by atoms with E-state index in [-0.39, 0.29) is 29.3 Å². The van der Waals surface area contributed by atoms with Gasteiger partial charge in [0, 0.05) is 12.5 Å². The summed E-state index contributed by atoms with van der Waals surface area (Å²) in [5, 5.41) is 0. The molecule has 4 heteroatoms. The SMILES string of the molecule is CCC(C)C(=O)[C@H]1N(C(=O)OC(C)(C)C)CCC1(C)C. The zero-order valence-corrected chi connectivity index (χ0v) is 13.9. The number of ether oxygens (including phenoxy) is 1. The lowest BCUT2D eigenvalue weighted by atomic mass is 9.79. The topological polar surface area (TPSA) is 46.6 Å². The Kier molecular flexibility index (Phi) is 4.88. The quantitative estimate of drug-likeness (QED) is 0.794. The first kappa shape index (κ1) is 17.0. The zero-order valence-electron chi connectivity index (χ0n) is 13.9. The maximum Gasteiger partial charge on any atom is 0.410 e. The minimum atomic E-state index is -0.534. The average molecular weight is 283 g/mol. The number of amides is 1. The van der Waals surface area contributed by atoms with E-state index in [0.29, 0.717) is 6.54 Å². The largest absolute Gasteiger partial charge is 0.444 e. The molecule has 0 aliphatic carbocycles. The van der Waals surface area contributed by atoms with E-state index >= 15 is 0 Å². The molecule has 1 aliphatic rings. The highest BCUT2D eigenvalue weighted by molar-refractivity contribution is 5.90. The van der Waals surface area contributed by atoms with Crippen LogP contribution in [-0.4, -0.2) is 35.0 Å². The predicted molar refractivity (Wildman–Crippen MR) is 79.6 cm³/mol. The summed E-state index contributed by atoms with van der Waals surface area (Å²) in [6, 6.07) is -0.368. The highest BCUT2D eigenvalue weighted by Crippen LogP contribution is 2.38. The Labute approximate surface area is 122 Å². The Morgan fingerprint density at radius 1 is 1.35 bits per heavy atom. The van der Waals surface area contributed by atoms with Gasteiger partial charge >= 0.3 is 6.09 Å². The van der Waals surface area contributed by atoms with Crippen molar-refractivity contribution in [2.24, 2.45) is 11.3 Å². The molecule has 20 heavy (non-hydrogen) atoms. The molecular formula is C16H29NO3. The van der Waals surface area contributed by atoms with Crippen LogP contribution in [0.4, 0.5) is 4.79 Å². The molecule has 0 bridgehead atoms. The molecule has 4 nitrogen and oxygen atoms in total. The first-order valence-corrected chi connectivity index (χ1v) is 7.53. The van der Waals surface area contributed by atoms with Crippen molar-refractivity contribution in [3.8, 4) is 0 Å². The average Bonchev–Trinajstić information content (AvgIpc) is 2.60. The Morgan fingerprint density at radius 2 is 1.90 bits per heavy atom. The van der Waals surface area contributed by atoms with E-state index < -0.39 is 5.60 Å².